The molecule has 6 heteroatoms. The SMILES string of the molecule is O=C(Nc1ccc(Oc2ccccc2)cc1)N1CCC[C@H]1c1nc2ccccc2[nH]1. The number of hydrogen-bond acceptors (Lipinski definition) is 3. The summed E-state index contributed by atoms with van der Waals surface area (Å²) in [6, 6.07) is 24.8. The number of amides is 2. The van der Waals surface area contributed by atoms with Gasteiger partial charge in [0.2, 0.25) is 0 Å². The summed E-state index contributed by atoms with van der Waals surface area (Å²) in [5, 5.41) is 3.00. The molecule has 1 aromatic heterocycles. The number of ether oxygens (including phenoxy) is 1. The number of nitrogens with zero attached hydrogens (tertiary/aromatic N) is 2. The van der Waals surface area contributed by atoms with Crippen molar-refractivity contribution in [2.75, 3.05) is 11.9 Å². The lowest BCUT2D eigenvalue weighted by Crippen LogP contribution is -2.34. The molecule has 0 radical (unpaired) electrons. The molecule has 0 aliphatic carbocycles. The number of fused-ring (bicyclic) bond motifs is 1. The highest BCUT2D eigenvalue weighted by atomic mass is 16.5. The first-order chi connectivity index (χ1) is 14.8. The van der Waals surface area contributed by atoms with E-state index in [4.69, 9.17) is 9.72 Å². The molecule has 0 bridgehead atoms. The van der Waals surface area contributed by atoms with Gasteiger partial charge in [-0.3, -0.25) is 0 Å². The lowest BCUT2D eigenvalue weighted by molar-refractivity contribution is 0.205. The molecule has 4 aromatic rings. The molecule has 2 amide bonds. The van der Waals surface area contributed by atoms with E-state index in [1.54, 1.807) is 0 Å². The van der Waals surface area contributed by atoms with Crippen molar-refractivity contribution in [1.82, 2.24) is 14.9 Å². The molecule has 0 saturated carbocycles. The third-order valence-corrected chi connectivity index (χ3v) is 5.32. The van der Waals surface area contributed by atoms with Crippen LogP contribution in [0.1, 0.15) is 24.7 Å². The van der Waals surface area contributed by atoms with Crippen molar-refractivity contribution in [3.8, 4) is 11.5 Å². The smallest absolute Gasteiger partial charge is 0.322 e. The number of aromatic amines is 1. The van der Waals surface area contributed by atoms with Gasteiger partial charge in [-0.05, 0) is 61.4 Å². The van der Waals surface area contributed by atoms with Crippen molar-refractivity contribution in [2.24, 2.45) is 0 Å². The zero-order valence-electron chi connectivity index (χ0n) is 16.4. The fraction of sp³-hybridized carbons (Fsp3) is 0.167. The molecular weight excluding hydrogens is 376 g/mol. The normalized spacial score (nSPS) is 16.0. The van der Waals surface area contributed by atoms with Crippen LogP contribution in [-0.4, -0.2) is 27.4 Å². The Morgan fingerprint density at radius 2 is 1.70 bits per heavy atom. The average molecular weight is 398 g/mol. The van der Waals surface area contributed by atoms with E-state index in [1.165, 1.54) is 0 Å². The van der Waals surface area contributed by atoms with E-state index < -0.39 is 0 Å². The van der Waals surface area contributed by atoms with Gasteiger partial charge in [-0.25, -0.2) is 9.78 Å². The Labute approximate surface area is 174 Å². The van der Waals surface area contributed by atoms with Crippen LogP contribution in [0.5, 0.6) is 11.5 Å². The largest absolute Gasteiger partial charge is 0.457 e. The maximum absolute atomic E-state index is 12.9. The van der Waals surface area contributed by atoms with Gasteiger partial charge in [0.15, 0.2) is 0 Å². The summed E-state index contributed by atoms with van der Waals surface area (Å²) in [4.78, 5) is 22.8. The molecule has 3 aromatic carbocycles. The molecule has 1 fully saturated rings. The zero-order chi connectivity index (χ0) is 20.3. The number of rotatable bonds is 4. The molecular formula is C24H22N4O2. The van der Waals surface area contributed by atoms with Gasteiger partial charge in [-0.2, -0.15) is 0 Å². The van der Waals surface area contributed by atoms with E-state index in [0.717, 1.165) is 46.9 Å². The Kier molecular flexibility index (Phi) is 4.81. The third kappa shape index (κ3) is 3.72. The minimum absolute atomic E-state index is 0.0434. The van der Waals surface area contributed by atoms with Gasteiger partial charge in [0.1, 0.15) is 17.3 Å². The standard InChI is InChI=1S/C24H22N4O2/c29-24(25-17-12-14-19(15-13-17)30-18-7-2-1-3-8-18)28-16-6-11-22(28)23-26-20-9-4-5-10-21(20)27-23/h1-5,7-10,12-15,22H,6,11,16H2,(H,25,29)(H,26,27)/t22-/m0/s1. The van der Waals surface area contributed by atoms with Crippen LogP contribution in [-0.2, 0) is 0 Å². The Balaban J connectivity index is 1.27. The van der Waals surface area contributed by atoms with Crippen LogP contribution in [0.25, 0.3) is 11.0 Å². The third-order valence-electron chi connectivity index (χ3n) is 5.32. The summed E-state index contributed by atoms with van der Waals surface area (Å²) in [5.41, 5.74) is 2.65. The molecule has 2 heterocycles. The topological polar surface area (TPSA) is 70.2 Å². The maximum atomic E-state index is 12.9. The second-order valence-corrected chi connectivity index (χ2v) is 7.36. The summed E-state index contributed by atoms with van der Waals surface area (Å²) in [7, 11) is 0. The van der Waals surface area contributed by atoms with Crippen LogP contribution in [0, 0.1) is 0 Å². The first kappa shape index (κ1) is 18.2. The zero-order valence-corrected chi connectivity index (χ0v) is 16.4. The molecule has 0 spiro atoms. The molecule has 0 unspecified atom stereocenters. The van der Waals surface area contributed by atoms with Crippen molar-refractivity contribution in [3.05, 3.63) is 84.7 Å². The van der Waals surface area contributed by atoms with E-state index >= 15 is 0 Å². The van der Waals surface area contributed by atoms with Gasteiger partial charge in [0.25, 0.3) is 0 Å². The maximum Gasteiger partial charge on any atom is 0.322 e. The van der Waals surface area contributed by atoms with Crippen LogP contribution in [0.15, 0.2) is 78.9 Å². The van der Waals surface area contributed by atoms with Gasteiger partial charge in [0.05, 0.1) is 17.1 Å². The van der Waals surface area contributed by atoms with Crippen molar-refractivity contribution < 1.29 is 9.53 Å². The molecule has 5 rings (SSSR count). The van der Waals surface area contributed by atoms with Crippen molar-refractivity contribution >= 4 is 22.8 Å². The summed E-state index contributed by atoms with van der Waals surface area (Å²) in [6.45, 7) is 0.711. The van der Waals surface area contributed by atoms with Gasteiger partial charge in [0, 0.05) is 12.2 Å². The van der Waals surface area contributed by atoms with Crippen molar-refractivity contribution in [1.29, 1.82) is 0 Å². The van der Waals surface area contributed by atoms with Crippen molar-refractivity contribution in [3.63, 3.8) is 0 Å². The number of anilines is 1. The molecule has 150 valence electrons. The van der Waals surface area contributed by atoms with Crippen LogP contribution in [0.4, 0.5) is 10.5 Å². The Morgan fingerprint density at radius 3 is 2.50 bits per heavy atom. The lowest BCUT2D eigenvalue weighted by atomic mass is 10.2. The molecule has 1 aliphatic rings. The number of benzene rings is 3. The predicted molar refractivity (Wildman–Crippen MR) is 117 cm³/mol. The molecule has 1 atom stereocenters. The number of nitrogens with one attached hydrogen (secondary N) is 2. The Hall–Kier alpha value is -3.80. The van der Waals surface area contributed by atoms with E-state index in [1.807, 2.05) is 83.8 Å². The average Bonchev–Trinajstić information content (AvgIpc) is 3.43. The highest BCUT2D eigenvalue weighted by Gasteiger charge is 2.32. The quantitative estimate of drug-likeness (QED) is 0.462. The number of carbonyl (C=O) groups excluding carboxylic acids is 1. The second-order valence-electron chi connectivity index (χ2n) is 7.36. The van der Waals surface area contributed by atoms with Gasteiger partial charge < -0.3 is 19.9 Å². The number of para-hydroxylation sites is 3. The summed E-state index contributed by atoms with van der Waals surface area (Å²) in [6.07, 6.45) is 1.86. The van der Waals surface area contributed by atoms with Crippen LogP contribution < -0.4 is 10.1 Å². The predicted octanol–water partition coefficient (Wildman–Crippen LogP) is 5.72. The van der Waals surface area contributed by atoms with E-state index in [9.17, 15) is 4.79 Å². The van der Waals surface area contributed by atoms with Gasteiger partial charge >= 0.3 is 6.03 Å². The fourth-order valence-corrected chi connectivity index (χ4v) is 3.85. The monoisotopic (exact) mass is 398 g/mol. The lowest BCUT2D eigenvalue weighted by Gasteiger charge is -2.23. The molecule has 6 nitrogen and oxygen atoms in total. The first-order valence-corrected chi connectivity index (χ1v) is 10.1. The van der Waals surface area contributed by atoms with E-state index in [-0.39, 0.29) is 12.1 Å². The Morgan fingerprint density at radius 1 is 0.967 bits per heavy atom. The van der Waals surface area contributed by atoms with Gasteiger partial charge in [-0.1, -0.05) is 30.3 Å². The van der Waals surface area contributed by atoms with Crippen LogP contribution in [0.2, 0.25) is 0 Å². The van der Waals surface area contributed by atoms with Crippen LogP contribution >= 0.6 is 0 Å². The number of carbonyl (C=O) groups is 1. The number of H-pyrrole nitrogens is 1. The summed E-state index contributed by atoms with van der Waals surface area (Å²) < 4.78 is 5.81. The summed E-state index contributed by atoms with van der Waals surface area (Å²) >= 11 is 0. The van der Waals surface area contributed by atoms with Gasteiger partial charge in [-0.15, -0.1) is 0 Å². The van der Waals surface area contributed by atoms with Crippen molar-refractivity contribution in [2.45, 2.75) is 18.9 Å². The molecule has 2 N–H and O–H groups in total. The van der Waals surface area contributed by atoms with E-state index in [2.05, 4.69) is 10.3 Å². The first-order valence-electron chi connectivity index (χ1n) is 10.1. The van der Waals surface area contributed by atoms with E-state index in [0.29, 0.717) is 6.54 Å². The number of aromatic nitrogens is 2. The summed E-state index contributed by atoms with van der Waals surface area (Å²) in [5.74, 6) is 2.34. The fourth-order valence-electron chi connectivity index (χ4n) is 3.85. The van der Waals surface area contributed by atoms with Crippen LogP contribution in [0.3, 0.4) is 0 Å². The molecule has 1 aliphatic heterocycles. The molecule has 1 saturated heterocycles. The minimum Gasteiger partial charge on any atom is -0.457 e. The second kappa shape index (κ2) is 7.91. The number of likely N-dealkylation sites (tertiary alicyclic amines) is 1. The Bertz CT molecular complexity index is 1120. The highest BCUT2D eigenvalue weighted by Crippen LogP contribution is 2.32. The number of imidazole rings is 1. The minimum atomic E-state index is -0.116. The number of hydrogen-bond donors (Lipinski definition) is 2. The molecule has 30 heavy (non-hydrogen) atoms. The number of urea groups is 1. The highest BCUT2D eigenvalue weighted by molar-refractivity contribution is 5.90.